The van der Waals surface area contributed by atoms with E-state index in [0.29, 0.717) is 27.9 Å². The van der Waals surface area contributed by atoms with E-state index in [2.05, 4.69) is 21.7 Å². The summed E-state index contributed by atoms with van der Waals surface area (Å²) in [6.07, 6.45) is 3.97. The van der Waals surface area contributed by atoms with Gasteiger partial charge in [0.05, 0.1) is 11.1 Å². The molecule has 132 valence electrons. The van der Waals surface area contributed by atoms with Crippen molar-refractivity contribution in [3.63, 3.8) is 0 Å². The number of nitriles is 1. The quantitative estimate of drug-likeness (QED) is 0.786. The van der Waals surface area contributed by atoms with E-state index >= 15 is 0 Å². The van der Waals surface area contributed by atoms with Gasteiger partial charge in [0.2, 0.25) is 5.91 Å². The third kappa shape index (κ3) is 4.03. The molecule has 26 heavy (non-hydrogen) atoms. The van der Waals surface area contributed by atoms with E-state index in [1.807, 2.05) is 6.26 Å². The lowest BCUT2D eigenvalue weighted by molar-refractivity contribution is -0.114. The van der Waals surface area contributed by atoms with Crippen LogP contribution in [0.15, 0.2) is 35.4 Å². The second-order valence-electron chi connectivity index (χ2n) is 6.08. The average molecular weight is 366 g/mol. The number of hydrogen-bond acceptors (Lipinski definition) is 5. The Balaban J connectivity index is 1.91. The largest absolute Gasteiger partial charge is 0.326 e. The zero-order valence-corrected chi connectivity index (χ0v) is 15.3. The number of nitrogens with one attached hydrogen (secondary N) is 2. The average Bonchev–Trinajstić information content (AvgIpc) is 3.45. The van der Waals surface area contributed by atoms with Crippen LogP contribution >= 0.6 is 11.8 Å². The number of carbonyl (C=O) groups excluding carboxylic acids is 2. The lowest BCUT2D eigenvalue weighted by Gasteiger charge is -2.12. The summed E-state index contributed by atoms with van der Waals surface area (Å²) >= 11 is 1.37. The van der Waals surface area contributed by atoms with E-state index in [4.69, 9.17) is 0 Å². The van der Waals surface area contributed by atoms with Gasteiger partial charge in [-0.1, -0.05) is 6.07 Å². The van der Waals surface area contributed by atoms with Gasteiger partial charge in [-0.2, -0.15) is 5.26 Å². The third-order valence-electron chi connectivity index (χ3n) is 3.99. The van der Waals surface area contributed by atoms with Gasteiger partial charge in [0.25, 0.3) is 5.91 Å². The Morgan fingerprint density at radius 2 is 1.92 bits per heavy atom. The number of aromatic nitrogens is 1. The van der Waals surface area contributed by atoms with Crippen LogP contribution in [0, 0.1) is 11.3 Å². The van der Waals surface area contributed by atoms with Crippen molar-refractivity contribution >= 4 is 35.0 Å². The maximum absolute atomic E-state index is 12.8. The van der Waals surface area contributed by atoms with Crippen molar-refractivity contribution in [2.24, 2.45) is 0 Å². The molecule has 0 spiro atoms. The fraction of sp³-hybridized carbons (Fsp3) is 0.263. The molecule has 1 aliphatic carbocycles. The first kappa shape index (κ1) is 18.0. The Hall–Kier alpha value is -2.85. The molecule has 0 radical (unpaired) electrons. The van der Waals surface area contributed by atoms with E-state index < -0.39 is 0 Å². The number of hydrogen-bond donors (Lipinski definition) is 2. The lowest BCUT2D eigenvalue weighted by atomic mass is 10.1. The Labute approximate surface area is 156 Å². The van der Waals surface area contributed by atoms with Crippen LogP contribution in [-0.2, 0) is 4.79 Å². The summed E-state index contributed by atoms with van der Waals surface area (Å²) in [6.45, 7) is 1.42. The fourth-order valence-corrected chi connectivity index (χ4v) is 3.20. The van der Waals surface area contributed by atoms with Crippen molar-refractivity contribution in [1.82, 2.24) is 4.98 Å². The molecule has 7 heteroatoms. The van der Waals surface area contributed by atoms with E-state index in [0.717, 1.165) is 18.5 Å². The SMILES string of the molecule is CSc1nc(C2CC2)cc(C(=O)Nc2cccc(NC(C)=O)c2)c1C#N. The lowest BCUT2D eigenvalue weighted by Crippen LogP contribution is -2.16. The molecule has 0 aliphatic heterocycles. The van der Waals surface area contributed by atoms with Crippen LogP contribution in [0.4, 0.5) is 11.4 Å². The first-order valence-corrected chi connectivity index (χ1v) is 9.42. The van der Waals surface area contributed by atoms with Crippen LogP contribution in [0.5, 0.6) is 0 Å². The Morgan fingerprint density at radius 1 is 1.23 bits per heavy atom. The number of carbonyl (C=O) groups is 2. The molecular weight excluding hydrogens is 348 g/mol. The number of thioether (sulfide) groups is 1. The highest BCUT2D eigenvalue weighted by atomic mass is 32.2. The van der Waals surface area contributed by atoms with Crippen molar-refractivity contribution in [2.45, 2.75) is 30.7 Å². The van der Waals surface area contributed by atoms with E-state index in [1.54, 1.807) is 30.3 Å². The molecule has 2 aromatic rings. The molecule has 1 aromatic heterocycles. The maximum atomic E-state index is 12.8. The number of rotatable bonds is 5. The van der Waals surface area contributed by atoms with Gasteiger partial charge in [0, 0.05) is 29.9 Å². The summed E-state index contributed by atoms with van der Waals surface area (Å²) in [6, 6.07) is 10.7. The van der Waals surface area contributed by atoms with Crippen LogP contribution in [0.25, 0.3) is 0 Å². The standard InChI is InChI=1S/C19H18N4O2S/c1-11(24)21-13-4-3-5-14(8-13)22-18(25)15-9-17(12-6-7-12)23-19(26-2)16(15)10-20/h3-5,8-9,12H,6-7H2,1-2H3,(H,21,24)(H,22,25). The maximum Gasteiger partial charge on any atom is 0.257 e. The number of nitrogens with zero attached hydrogens (tertiary/aromatic N) is 2. The van der Waals surface area contributed by atoms with E-state index in [-0.39, 0.29) is 17.4 Å². The second-order valence-corrected chi connectivity index (χ2v) is 6.88. The van der Waals surface area contributed by atoms with Crippen molar-refractivity contribution in [3.05, 3.63) is 47.2 Å². The molecule has 0 bridgehead atoms. The highest BCUT2D eigenvalue weighted by molar-refractivity contribution is 7.98. The molecule has 0 atom stereocenters. The van der Waals surface area contributed by atoms with Gasteiger partial charge in [-0.15, -0.1) is 11.8 Å². The summed E-state index contributed by atoms with van der Waals surface area (Å²) in [5.74, 6) is -0.169. The molecule has 2 N–H and O–H groups in total. The highest BCUT2D eigenvalue weighted by Crippen LogP contribution is 2.40. The summed E-state index contributed by atoms with van der Waals surface area (Å²) in [7, 11) is 0. The topological polar surface area (TPSA) is 94.9 Å². The summed E-state index contributed by atoms with van der Waals surface area (Å²) in [4.78, 5) is 28.5. The van der Waals surface area contributed by atoms with Crippen molar-refractivity contribution in [3.8, 4) is 6.07 Å². The molecule has 1 saturated carbocycles. The molecule has 1 fully saturated rings. The molecule has 0 saturated heterocycles. The Kier molecular flexibility index (Phi) is 5.24. The minimum Gasteiger partial charge on any atom is -0.326 e. The minimum absolute atomic E-state index is 0.187. The first-order valence-electron chi connectivity index (χ1n) is 8.20. The third-order valence-corrected chi connectivity index (χ3v) is 4.67. The molecule has 0 unspecified atom stereocenters. The molecule has 6 nitrogen and oxygen atoms in total. The zero-order valence-electron chi connectivity index (χ0n) is 14.5. The normalized spacial score (nSPS) is 13.0. The van der Waals surface area contributed by atoms with E-state index in [1.165, 1.54) is 18.7 Å². The van der Waals surface area contributed by atoms with Crippen molar-refractivity contribution in [1.29, 1.82) is 5.26 Å². The van der Waals surface area contributed by atoms with Gasteiger partial charge >= 0.3 is 0 Å². The zero-order chi connectivity index (χ0) is 18.7. The molecular formula is C19H18N4O2S. The predicted molar refractivity (Wildman–Crippen MR) is 101 cm³/mol. The summed E-state index contributed by atoms with van der Waals surface area (Å²) in [5.41, 5.74) is 2.62. The second kappa shape index (κ2) is 7.58. The van der Waals surface area contributed by atoms with Crippen molar-refractivity contribution < 1.29 is 9.59 Å². The van der Waals surface area contributed by atoms with Crippen LogP contribution in [-0.4, -0.2) is 23.1 Å². The monoisotopic (exact) mass is 366 g/mol. The van der Waals surface area contributed by atoms with Crippen LogP contribution in [0.1, 0.15) is 47.3 Å². The Morgan fingerprint density at radius 3 is 2.50 bits per heavy atom. The van der Waals surface area contributed by atoms with Crippen molar-refractivity contribution in [2.75, 3.05) is 16.9 Å². The molecule has 1 aromatic carbocycles. The smallest absolute Gasteiger partial charge is 0.257 e. The van der Waals surface area contributed by atoms with E-state index in [9.17, 15) is 14.9 Å². The van der Waals surface area contributed by atoms with Gasteiger partial charge in [-0.25, -0.2) is 4.98 Å². The van der Waals surface area contributed by atoms with Crippen LogP contribution < -0.4 is 10.6 Å². The molecule has 3 rings (SSSR count). The van der Waals surface area contributed by atoms with Gasteiger partial charge < -0.3 is 10.6 Å². The predicted octanol–water partition coefficient (Wildman–Crippen LogP) is 3.76. The van der Waals surface area contributed by atoms with Gasteiger partial charge in [-0.05, 0) is 43.4 Å². The van der Waals surface area contributed by atoms with Gasteiger partial charge in [0.15, 0.2) is 0 Å². The van der Waals surface area contributed by atoms with Gasteiger partial charge in [-0.3, -0.25) is 9.59 Å². The number of anilines is 2. The van der Waals surface area contributed by atoms with Crippen LogP contribution in [0.2, 0.25) is 0 Å². The Bertz CT molecular complexity index is 916. The molecule has 2 amide bonds. The minimum atomic E-state index is -0.360. The van der Waals surface area contributed by atoms with Crippen LogP contribution in [0.3, 0.4) is 0 Å². The summed E-state index contributed by atoms with van der Waals surface area (Å²) < 4.78 is 0. The highest BCUT2D eigenvalue weighted by Gasteiger charge is 2.28. The molecule has 1 aliphatic rings. The number of pyridine rings is 1. The number of amides is 2. The first-order chi connectivity index (χ1) is 12.5. The summed E-state index contributed by atoms with van der Waals surface area (Å²) in [5, 5.41) is 15.6. The fourth-order valence-electron chi connectivity index (χ4n) is 2.64. The van der Waals surface area contributed by atoms with Gasteiger partial charge in [0.1, 0.15) is 11.1 Å². The molecule has 1 heterocycles. The number of benzene rings is 1.